The molecule has 0 aliphatic heterocycles. The minimum atomic E-state index is -0.916. The number of benzene rings is 3. The van der Waals surface area contributed by atoms with E-state index in [2.05, 4.69) is 25.4 Å². The summed E-state index contributed by atoms with van der Waals surface area (Å²) >= 11 is 0. The second-order valence-corrected chi connectivity index (χ2v) is 9.27. The molecule has 9 nitrogen and oxygen atoms in total. The van der Waals surface area contributed by atoms with Crippen molar-refractivity contribution in [1.82, 2.24) is 34.7 Å². The van der Waals surface area contributed by atoms with Crippen molar-refractivity contribution < 1.29 is 9.50 Å². The van der Waals surface area contributed by atoms with Crippen molar-refractivity contribution in [2.24, 2.45) is 0 Å². The molecule has 0 radical (unpaired) electrons. The van der Waals surface area contributed by atoms with Crippen LogP contribution in [-0.2, 0) is 12.1 Å². The molecule has 10 heteroatoms. The van der Waals surface area contributed by atoms with Gasteiger partial charge in [-0.3, -0.25) is 4.68 Å². The fourth-order valence-electron chi connectivity index (χ4n) is 4.37. The highest BCUT2D eigenvalue weighted by Gasteiger charge is 2.18. The molecule has 3 heterocycles. The molecule has 3 aromatic heterocycles. The average molecular weight is 484 g/mol. The Kier molecular flexibility index (Phi) is 4.87. The Balaban J connectivity index is 1.39. The van der Waals surface area contributed by atoms with E-state index in [-0.39, 0.29) is 11.2 Å². The van der Waals surface area contributed by atoms with Crippen LogP contribution < -0.4 is 5.69 Å². The van der Waals surface area contributed by atoms with Gasteiger partial charge in [-0.2, -0.15) is 5.10 Å². The van der Waals surface area contributed by atoms with Crippen LogP contribution in [0.3, 0.4) is 0 Å². The Morgan fingerprint density at radius 2 is 1.78 bits per heavy atom. The van der Waals surface area contributed by atoms with Gasteiger partial charge in [0, 0.05) is 11.8 Å². The molecular formula is C26H22FN7O2. The highest BCUT2D eigenvalue weighted by Crippen LogP contribution is 2.28. The van der Waals surface area contributed by atoms with Crippen LogP contribution in [0.1, 0.15) is 25.0 Å². The van der Waals surface area contributed by atoms with Gasteiger partial charge in [0.2, 0.25) is 0 Å². The van der Waals surface area contributed by atoms with Gasteiger partial charge < -0.3 is 15.1 Å². The summed E-state index contributed by atoms with van der Waals surface area (Å²) in [6, 6.07) is 18.1. The van der Waals surface area contributed by atoms with Crippen LogP contribution in [0.5, 0.6) is 0 Å². The second-order valence-electron chi connectivity index (χ2n) is 9.27. The fraction of sp³-hybridized carbons (Fsp3) is 0.154. The Bertz CT molecular complexity index is 1790. The Morgan fingerprint density at radius 1 is 1.00 bits per heavy atom. The molecule has 0 atom stereocenters. The third kappa shape index (κ3) is 3.77. The molecule has 6 rings (SSSR count). The van der Waals surface area contributed by atoms with E-state index in [1.807, 2.05) is 36.4 Å². The maximum atomic E-state index is 15.1. The SMILES string of the molecule is CC(C)(O)c1ccc(Cn2nccc2-c2cc(F)c3nnn(-c4ccc5[nH]c(=O)[nH]c5c4)c3c2)cc1. The van der Waals surface area contributed by atoms with Crippen LogP contribution in [0.2, 0.25) is 0 Å². The maximum absolute atomic E-state index is 15.1. The Labute approximate surface area is 203 Å². The van der Waals surface area contributed by atoms with Crippen molar-refractivity contribution in [2.75, 3.05) is 0 Å². The van der Waals surface area contributed by atoms with Crippen LogP contribution in [0.4, 0.5) is 4.39 Å². The van der Waals surface area contributed by atoms with E-state index < -0.39 is 11.4 Å². The van der Waals surface area contributed by atoms with Crippen LogP contribution in [0.25, 0.3) is 39.0 Å². The summed E-state index contributed by atoms with van der Waals surface area (Å²) in [6.45, 7) is 3.96. The number of nitrogens with zero attached hydrogens (tertiary/aromatic N) is 5. The third-order valence-electron chi connectivity index (χ3n) is 6.25. The van der Waals surface area contributed by atoms with E-state index >= 15 is 4.39 Å². The van der Waals surface area contributed by atoms with Gasteiger partial charge in [-0.25, -0.2) is 13.9 Å². The van der Waals surface area contributed by atoms with E-state index in [0.717, 1.165) is 16.8 Å². The molecular weight excluding hydrogens is 461 g/mol. The standard InChI is InChI=1S/C26H22FN7O2/c1-26(2,36)17-5-3-15(4-6-17)14-33-22(9-10-28-33)16-11-19(27)24-23(12-16)34(32-31-24)18-7-8-20-21(13-18)30-25(35)29-20/h3-13,36H,14H2,1-2H3,(H2,29,30,35). The van der Waals surface area contributed by atoms with E-state index in [1.165, 1.54) is 6.07 Å². The minimum absolute atomic E-state index is 0.148. The number of fused-ring (bicyclic) bond motifs is 2. The topological polar surface area (TPSA) is 117 Å². The maximum Gasteiger partial charge on any atom is 0.323 e. The molecule has 0 aliphatic rings. The summed E-state index contributed by atoms with van der Waals surface area (Å²) < 4.78 is 18.5. The number of halogens is 1. The highest BCUT2D eigenvalue weighted by molar-refractivity contribution is 5.84. The first kappa shape index (κ1) is 21.9. The van der Waals surface area contributed by atoms with Crippen molar-refractivity contribution >= 4 is 22.1 Å². The number of aromatic nitrogens is 7. The number of hydrogen-bond acceptors (Lipinski definition) is 5. The predicted molar refractivity (Wildman–Crippen MR) is 133 cm³/mol. The summed E-state index contributed by atoms with van der Waals surface area (Å²) in [5.74, 6) is -0.493. The summed E-state index contributed by atoms with van der Waals surface area (Å²) in [4.78, 5) is 17.1. The van der Waals surface area contributed by atoms with E-state index in [1.54, 1.807) is 47.6 Å². The van der Waals surface area contributed by atoms with Crippen LogP contribution >= 0.6 is 0 Å². The summed E-state index contributed by atoms with van der Waals surface area (Å²) in [6.07, 6.45) is 1.67. The molecule has 180 valence electrons. The van der Waals surface area contributed by atoms with Gasteiger partial charge in [0.1, 0.15) is 5.52 Å². The molecule has 0 aliphatic carbocycles. The summed E-state index contributed by atoms with van der Waals surface area (Å²) in [7, 11) is 0. The van der Waals surface area contributed by atoms with Gasteiger partial charge >= 0.3 is 5.69 Å². The zero-order valence-electron chi connectivity index (χ0n) is 19.5. The molecule has 0 saturated carbocycles. The van der Waals surface area contributed by atoms with Gasteiger partial charge in [0.15, 0.2) is 5.82 Å². The third-order valence-corrected chi connectivity index (χ3v) is 6.25. The van der Waals surface area contributed by atoms with Crippen LogP contribution in [0, 0.1) is 5.82 Å². The number of nitrogens with one attached hydrogen (secondary N) is 2. The lowest BCUT2D eigenvalue weighted by atomic mass is 9.97. The first-order chi connectivity index (χ1) is 17.3. The van der Waals surface area contributed by atoms with E-state index in [0.29, 0.717) is 34.3 Å². The van der Waals surface area contributed by atoms with Gasteiger partial charge in [0.05, 0.1) is 40.1 Å². The monoisotopic (exact) mass is 483 g/mol. The number of aromatic amines is 2. The molecule has 36 heavy (non-hydrogen) atoms. The normalized spacial score (nSPS) is 12.1. The van der Waals surface area contributed by atoms with Gasteiger partial charge in [-0.1, -0.05) is 29.5 Å². The quantitative estimate of drug-likeness (QED) is 0.344. The smallest absolute Gasteiger partial charge is 0.323 e. The van der Waals surface area contributed by atoms with Crippen molar-refractivity contribution in [2.45, 2.75) is 26.0 Å². The lowest BCUT2D eigenvalue weighted by Gasteiger charge is -2.18. The van der Waals surface area contributed by atoms with Crippen LogP contribution in [-0.4, -0.2) is 39.8 Å². The zero-order chi connectivity index (χ0) is 25.0. The molecule has 3 aromatic carbocycles. The fourth-order valence-corrected chi connectivity index (χ4v) is 4.37. The summed E-state index contributed by atoms with van der Waals surface area (Å²) in [5.41, 5.74) is 4.52. The zero-order valence-corrected chi connectivity index (χ0v) is 19.5. The van der Waals surface area contributed by atoms with E-state index in [9.17, 15) is 9.90 Å². The number of aliphatic hydroxyl groups is 1. The van der Waals surface area contributed by atoms with Gasteiger partial charge in [-0.05, 0) is 61.4 Å². The van der Waals surface area contributed by atoms with Crippen molar-refractivity contribution in [3.63, 3.8) is 0 Å². The highest BCUT2D eigenvalue weighted by atomic mass is 19.1. The lowest BCUT2D eigenvalue weighted by molar-refractivity contribution is 0.0786. The van der Waals surface area contributed by atoms with Gasteiger partial charge in [0.25, 0.3) is 0 Å². The summed E-state index contributed by atoms with van der Waals surface area (Å²) in [5, 5.41) is 22.8. The molecule has 6 aromatic rings. The number of hydrogen-bond donors (Lipinski definition) is 3. The number of H-pyrrole nitrogens is 2. The molecule has 0 unspecified atom stereocenters. The number of rotatable bonds is 5. The molecule has 0 fully saturated rings. The largest absolute Gasteiger partial charge is 0.386 e. The molecule has 3 N–H and O–H groups in total. The molecule has 0 saturated heterocycles. The Morgan fingerprint density at radius 3 is 2.56 bits per heavy atom. The second kappa shape index (κ2) is 7.99. The first-order valence-corrected chi connectivity index (χ1v) is 11.4. The molecule has 0 amide bonds. The van der Waals surface area contributed by atoms with Crippen molar-refractivity contribution in [1.29, 1.82) is 0 Å². The average Bonchev–Trinajstić information content (AvgIpc) is 3.56. The predicted octanol–water partition coefficient (Wildman–Crippen LogP) is 3.87. The van der Waals surface area contributed by atoms with Gasteiger partial charge in [-0.15, -0.1) is 5.10 Å². The first-order valence-electron chi connectivity index (χ1n) is 11.4. The minimum Gasteiger partial charge on any atom is -0.386 e. The lowest BCUT2D eigenvalue weighted by Crippen LogP contribution is -2.15. The molecule has 0 spiro atoms. The van der Waals surface area contributed by atoms with E-state index in [4.69, 9.17) is 0 Å². The Hall–Kier alpha value is -4.57. The van der Waals surface area contributed by atoms with Crippen molar-refractivity contribution in [3.05, 3.63) is 94.3 Å². The number of imidazole rings is 1. The van der Waals surface area contributed by atoms with Crippen molar-refractivity contribution in [3.8, 4) is 16.9 Å². The van der Waals surface area contributed by atoms with Crippen LogP contribution in [0.15, 0.2) is 71.7 Å². The molecule has 0 bridgehead atoms.